The van der Waals surface area contributed by atoms with Gasteiger partial charge >= 0.3 is 0 Å². The third kappa shape index (κ3) is 5.68. The lowest BCUT2D eigenvalue weighted by Gasteiger charge is -2.15. The van der Waals surface area contributed by atoms with Crippen molar-refractivity contribution in [1.29, 1.82) is 0 Å². The molecule has 9 nitrogen and oxygen atoms in total. The average Bonchev–Trinajstić information content (AvgIpc) is 3.00. The maximum atomic E-state index is 13.4. The molecule has 40 heavy (non-hydrogen) atoms. The lowest BCUT2D eigenvalue weighted by atomic mass is 10.2. The van der Waals surface area contributed by atoms with Gasteiger partial charge in [-0.2, -0.15) is 9.78 Å². The number of aromatic nitrogens is 2. The highest BCUT2D eigenvalue weighted by Gasteiger charge is 2.17. The maximum absolute atomic E-state index is 13.4. The van der Waals surface area contributed by atoms with Crippen molar-refractivity contribution in [2.45, 2.75) is 0 Å². The van der Waals surface area contributed by atoms with E-state index in [1.165, 1.54) is 25.1 Å². The molecule has 0 bridgehead atoms. The number of para-hydroxylation sites is 2. The van der Waals surface area contributed by atoms with E-state index in [-0.39, 0.29) is 23.8 Å². The first kappa shape index (κ1) is 26.2. The Morgan fingerprint density at radius 3 is 2.20 bits per heavy atom. The Hall–Kier alpha value is -5.44. The number of nitrogens with one attached hydrogen (secondary N) is 1. The number of fused-ring (bicyclic) bond motifs is 1. The van der Waals surface area contributed by atoms with Crippen molar-refractivity contribution in [2.75, 3.05) is 26.1 Å². The summed E-state index contributed by atoms with van der Waals surface area (Å²) >= 11 is 0. The van der Waals surface area contributed by atoms with E-state index in [1.807, 2.05) is 54.6 Å². The van der Waals surface area contributed by atoms with Crippen LogP contribution in [0.1, 0.15) is 5.56 Å². The summed E-state index contributed by atoms with van der Waals surface area (Å²) in [6.07, 6.45) is 1.52. The summed E-state index contributed by atoms with van der Waals surface area (Å²) < 4.78 is 18.1. The summed E-state index contributed by atoms with van der Waals surface area (Å²) in [5.41, 5.74) is 2.27. The second-order valence-electron chi connectivity index (χ2n) is 8.64. The van der Waals surface area contributed by atoms with Crippen LogP contribution < -0.4 is 25.1 Å². The van der Waals surface area contributed by atoms with Crippen LogP contribution in [0.5, 0.6) is 17.2 Å². The summed E-state index contributed by atoms with van der Waals surface area (Å²) in [4.78, 5) is 30.5. The number of carbonyl (C=O) groups excluding carboxylic acids is 1. The Labute approximate surface area is 230 Å². The molecule has 0 saturated carbocycles. The normalized spacial score (nSPS) is 10.9. The van der Waals surface area contributed by atoms with Crippen LogP contribution in [0.4, 0.5) is 5.69 Å². The minimum absolute atomic E-state index is 0.256. The molecule has 0 aliphatic carbocycles. The van der Waals surface area contributed by atoms with Gasteiger partial charge in [-0.3, -0.25) is 9.59 Å². The van der Waals surface area contributed by atoms with E-state index in [4.69, 9.17) is 19.2 Å². The van der Waals surface area contributed by atoms with Crippen LogP contribution in [-0.4, -0.2) is 42.6 Å². The van der Waals surface area contributed by atoms with E-state index in [0.29, 0.717) is 39.5 Å². The van der Waals surface area contributed by atoms with Crippen LogP contribution in [0.25, 0.3) is 22.3 Å². The van der Waals surface area contributed by atoms with E-state index in [0.717, 1.165) is 5.56 Å². The zero-order chi connectivity index (χ0) is 27.9. The zero-order valence-corrected chi connectivity index (χ0v) is 21.9. The number of benzene rings is 4. The van der Waals surface area contributed by atoms with Crippen LogP contribution in [0.15, 0.2) is 107 Å². The molecular formula is C31H26N4O5. The highest BCUT2D eigenvalue weighted by atomic mass is 16.5. The second-order valence-corrected chi connectivity index (χ2v) is 8.64. The molecule has 1 amide bonds. The minimum Gasteiger partial charge on any atom is -0.493 e. The fourth-order valence-electron chi connectivity index (χ4n) is 4.10. The molecule has 0 fully saturated rings. The zero-order valence-electron chi connectivity index (χ0n) is 21.9. The average molecular weight is 535 g/mol. The Balaban J connectivity index is 1.46. The molecule has 0 spiro atoms. The van der Waals surface area contributed by atoms with Gasteiger partial charge in [-0.25, -0.2) is 4.98 Å². The molecule has 200 valence electrons. The number of hydrogen-bond donors (Lipinski definition) is 1. The molecule has 1 aromatic heterocycles. The van der Waals surface area contributed by atoms with Gasteiger partial charge < -0.3 is 19.5 Å². The topological polar surface area (TPSA) is 104 Å². The molecule has 0 aliphatic rings. The molecule has 0 aliphatic heterocycles. The highest BCUT2D eigenvalue weighted by Crippen LogP contribution is 2.38. The number of nitrogens with zero attached hydrogens (tertiary/aromatic N) is 3. The second kappa shape index (κ2) is 12.0. The predicted octanol–water partition coefficient (Wildman–Crippen LogP) is 4.98. The molecule has 4 aromatic carbocycles. The minimum atomic E-state index is -0.336. The Morgan fingerprint density at radius 1 is 0.900 bits per heavy atom. The quantitative estimate of drug-likeness (QED) is 0.268. The number of hydrogen-bond acceptors (Lipinski definition) is 7. The van der Waals surface area contributed by atoms with Gasteiger partial charge in [0, 0.05) is 16.8 Å². The largest absolute Gasteiger partial charge is 0.493 e. The number of methoxy groups -OCH3 is 2. The van der Waals surface area contributed by atoms with Gasteiger partial charge in [0.25, 0.3) is 11.5 Å². The van der Waals surface area contributed by atoms with Crippen molar-refractivity contribution in [1.82, 2.24) is 9.66 Å². The Morgan fingerprint density at radius 2 is 1.52 bits per heavy atom. The fraction of sp³-hybridized carbons (Fsp3) is 0.0968. The van der Waals surface area contributed by atoms with Crippen LogP contribution >= 0.6 is 0 Å². The van der Waals surface area contributed by atoms with Gasteiger partial charge in [-0.05, 0) is 36.4 Å². The van der Waals surface area contributed by atoms with E-state index < -0.39 is 0 Å². The molecule has 9 heteroatoms. The van der Waals surface area contributed by atoms with Gasteiger partial charge in [-0.15, -0.1) is 0 Å². The van der Waals surface area contributed by atoms with Crippen LogP contribution in [0.3, 0.4) is 0 Å². The van der Waals surface area contributed by atoms with Crippen molar-refractivity contribution < 1.29 is 19.0 Å². The SMILES string of the molecule is COc1cc(C=Nn2c(-c3ccccc3)nc3ccccc3c2=O)cc(OC)c1OCC(=O)Nc1ccccc1. The monoisotopic (exact) mass is 534 g/mol. The number of ether oxygens (including phenoxy) is 3. The van der Waals surface area contributed by atoms with Crippen molar-refractivity contribution >= 4 is 28.7 Å². The van der Waals surface area contributed by atoms with Crippen molar-refractivity contribution in [3.8, 4) is 28.6 Å². The van der Waals surface area contributed by atoms with Gasteiger partial charge in [0.15, 0.2) is 23.9 Å². The van der Waals surface area contributed by atoms with Gasteiger partial charge in [0.05, 0.1) is 31.3 Å². The molecule has 0 unspecified atom stereocenters. The third-order valence-corrected chi connectivity index (χ3v) is 6.00. The standard InChI is InChI=1S/C31H26N4O5/c1-38-26-17-21(18-27(39-2)29(26)40-20-28(36)33-23-13-7-4-8-14-23)19-32-35-30(22-11-5-3-6-12-22)34-25-16-10-9-15-24(25)31(35)37/h3-19H,20H2,1-2H3,(H,33,36). The smallest absolute Gasteiger partial charge is 0.282 e. The van der Waals surface area contributed by atoms with Gasteiger partial charge in [-0.1, -0.05) is 60.7 Å². The molecule has 1 heterocycles. The lowest BCUT2D eigenvalue weighted by molar-refractivity contribution is -0.118. The number of anilines is 1. The van der Waals surface area contributed by atoms with Crippen LogP contribution in [0.2, 0.25) is 0 Å². The van der Waals surface area contributed by atoms with Gasteiger partial charge in [0.2, 0.25) is 5.75 Å². The van der Waals surface area contributed by atoms with E-state index in [9.17, 15) is 9.59 Å². The Kier molecular flexibility index (Phi) is 7.82. The predicted molar refractivity (Wildman–Crippen MR) is 155 cm³/mol. The van der Waals surface area contributed by atoms with E-state index in [1.54, 1.807) is 42.5 Å². The first-order valence-electron chi connectivity index (χ1n) is 12.4. The number of amides is 1. The summed E-state index contributed by atoms with van der Waals surface area (Å²) in [5, 5.41) is 7.72. The molecular weight excluding hydrogens is 508 g/mol. The molecule has 0 atom stereocenters. The number of rotatable bonds is 9. The number of carbonyl (C=O) groups is 1. The first-order chi connectivity index (χ1) is 19.6. The van der Waals surface area contributed by atoms with E-state index >= 15 is 0 Å². The molecule has 5 rings (SSSR count). The highest BCUT2D eigenvalue weighted by molar-refractivity contribution is 5.92. The lowest BCUT2D eigenvalue weighted by Crippen LogP contribution is -2.20. The molecule has 0 saturated heterocycles. The molecule has 1 N–H and O–H groups in total. The van der Waals surface area contributed by atoms with Crippen molar-refractivity contribution in [2.24, 2.45) is 5.10 Å². The van der Waals surface area contributed by atoms with Crippen molar-refractivity contribution in [3.05, 3.63) is 113 Å². The third-order valence-electron chi connectivity index (χ3n) is 6.00. The van der Waals surface area contributed by atoms with Gasteiger partial charge in [0.1, 0.15) is 0 Å². The molecule has 5 aromatic rings. The first-order valence-corrected chi connectivity index (χ1v) is 12.4. The van der Waals surface area contributed by atoms with Crippen LogP contribution in [-0.2, 0) is 4.79 Å². The summed E-state index contributed by atoms with van der Waals surface area (Å²) in [7, 11) is 2.97. The fourth-order valence-corrected chi connectivity index (χ4v) is 4.10. The van der Waals surface area contributed by atoms with Crippen molar-refractivity contribution in [3.63, 3.8) is 0 Å². The maximum Gasteiger partial charge on any atom is 0.282 e. The van der Waals surface area contributed by atoms with E-state index in [2.05, 4.69) is 10.4 Å². The Bertz CT molecular complexity index is 1710. The summed E-state index contributed by atoms with van der Waals surface area (Å²) in [6, 6.07) is 29.0. The summed E-state index contributed by atoms with van der Waals surface area (Å²) in [6.45, 7) is -0.256. The molecule has 0 radical (unpaired) electrons. The van der Waals surface area contributed by atoms with Crippen LogP contribution in [0, 0.1) is 0 Å². The summed E-state index contributed by atoms with van der Waals surface area (Å²) in [5.74, 6) is 1.00.